The maximum atomic E-state index is 13.4. The summed E-state index contributed by atoms with van der Waals surface area (Å²) < 4.78 is 11.5. The Morgan fingerprint density at radius 1 is 0.951 bits per heavy atom. The van der Waals surface area contributed by atoms with Gasteiger partial charge >= 0.3 is 6.09 Å². The van der Waals surface area contributed by atoms with Crippen molar-refractivity contribution in [3.63, 3.8) is 0 Å². The molecule has 1 saturated carbocycles. The van der Waals surface area contributed by atoms with Gasteiger partial charge in [-0.15, -0.1) is 11.3 Å². The fourth-order valence-electron chi connectivity index (χ4n) is 4.54. The zero-order valence-corrected chi connectivity index (χ0v) is 22.9. The normalized spacial score (nSPS) is 18.1. The van der Waals surface area contributed by atoms with E-state index in [0.717, 1.165) is 29.5 Å². The number of ether oxygens (including phenoxy) is 2. The van der Waals surface area contributed by atoms with Crippen LogP contribution in [0.15, 0.2) is 90.3 Å². The van der Waals surface area contributed by atoms with Gasteiger partial charge in [-0.3, -0.25) is 14.5 Å². The smallest absolute Gasteiger partial charge is 0.413 e. The van der Waals surface area contributed by atoms with Crippen molar-refractivity contribution in [3.05, 3.63) is 107 Å². The molecule has 2 fully saturated rings. The molecule has 0 radical (unpaired) electrons. The number of hydrogen-bond acceptors (Lipinski definition) is 7. The van der Waals surface area contributed by atoms with E-state index in [2.05, 4.69) is 15.6 Å². The third kappa shape index (κ3) is 6.29. The molecule has 10 heteroatoms. The SMILES string of the molecule is O=C(NC1CC1)c1ccc(-c2csc(NC(=O)C3COC(c4ccccc4)N3C(=O)OCc3ccccc3)n2)cc1. The molecule has 9 nitrogen and oxygen atoms in total. The van der Waals surface area contributed by atoms with Crippen molar-refractivity contribution in [2.45, 2.75) is 37.8 Å². The van der Waals surface area contributed by atoms with E-state index in [1.54, 1.807) is 12.1 Å². The summed E-state index contributed by atoms with van der Waals surface area (Å²) in [6.07, 6.45) is 0.650. The summed E-state index contributed by atoms with van der Waals surface area (Å²) in [5.74, 6) is -0.502. The average Bonchev–Trinajstić information content (AvgIpc) is 3.51. The largest absolute Gasteiger partial charge is 0.444 e. The molecule has 2 heterocycles. The predicted molar refractivity (Wildman–Crippen MR) is 154 cm³/mol. The summed E-state index contributed by atoms with van der Waals surface area (Å²) in [6, 6.07) is 25.2. The summed E-state index contributed by atoms with van der Waals surface area (Å²) >= 11 is 1.28. The number of benzene rings is 3. The molecule has 1 aromatic heterocycles. The first-order valence-corrected chi connectivity index (χ1v) is 14.3. The molecule has 41 heavy (non-hydrogen) atoms. The van der Waals surface area contributed by atoms with Crippen LogP contribution in [0.4, 0.5) is 9.93 Å². The summed E-state index contributed by atoms with van der Waals surface area (Å²) in [7, 11) is 0. The van der Waals surface area contributed by atoms with Crippen molar-refractivity contribution in [2.24, 2.45) is 0 Å². The zero-order valence-electron chi connectivity index (χ0n) is 22.1. The Balaban J connectivity index is 1.14. The molecule has 0 spiro atoms. The monoisotopic (exact) mass is 568 g/mol. The molecule has 1 saturated heterocycles. The van der Waals surface area contributed by atoms with E-state index in [1.807, 2.05) is 78.2 Å². The molecule has 2 atom stereocenters. The van der Waals surface area contributed by atoms with Crippen LogP contribution in [0.2, 0.25) is 0 Å². The van der Waals surface area contributed by atoms with Crippen molar-refractivity contribution in [1.29, 1.82) is 0 Å². The number of nitrogens with one attached hydrogen (secondary N) is 2. The number of rotatable bonds is 8. The number of thiazole rings is 1. The minimum atomic E-state index is -0.917. The first kappa shape index (κ1) is 26.7. The molecule has 1 aliphatic heterocycles. The summed E-state index contributed by atoms with van der Waals surface area (Å²) in [4.78, 5) is 44.9. The van der Waals surface area contributed by atoms with E-state index < -0.39 is 24.3 Å². The summed E-state index contributed by atoms with van der Waals surface area (Å²) in [5.41, 5.74) is 3.67. The van der Waals surface area contributed by atoms with Gasteiger partial charge in [0.1, 0.15) is 12.6 Å². The van der Waals surface area contributed by atoms with Gasteiger partial charge in [-0.05, 0) is 30.5 Å². The van der Waals surface area contributed by atoms with E-state index in [9.17, 15) is 14.4 Å². The molecule has 2 N–H and O–H groups in total. The lowest BCUT2D eigenvalue weighted by molar-refractivity contribution is -0.120. The quantitative estimate of drug-likeness (QED) is 0.296. The zero-order chi connectivity index (χ0) is 28.2. The summed E-state index contributed by atoms with van der Waals surface area (Å²) in [5, 5.41) is 8.04. The van der Waals surface area contributed by atoms with Crippen molar-refractivity contribution < 1.29 is 23.9 Å². The molecule has 208 valence electrons. The number of aromatic nitrogens is 1. The van der Waals surface area contributed by atoms with Gasteiger partial charge in [-0.1, -0.05) is 72.8 Å². The lowest BCUT2D eigenvalue weighted by atomic mass is 10.1. The van der Waals surface area contributed by atoms with Crippen LogP contribution in [-0.2, 0) is 20.9 Å². The Morgan fingerprint density at radius 2 is 1.66 bits per heavy atom. The first-order chi connectivity index (χ1) is 20.0. The maximum absolute atomic E-state index is 13.4. The number of carbonyl (C=O) groups is 3. The van der Waals surface area contributed by atoms with Crippen molar-refractivity contribution >= 4 is 34.4 Å². The Kier molecular flexibility index (Phi) is 7.75. The third-order valence-electron chi connectivity index (χ3n) is 6.89. The lowest BCUT2D eigenvalue weighted by Crippen LogP contribution is -2.45. The van der Waals surface area contributed by atoms with Crippen LogP contribution in [0.1, 0.15) is 40.6 Å². The summed E-state index contributed by atoms with van der Waals surface area (Å²) in [6.45, 7) is 0.0807. The second-order valence-corrected chi connectivity index (χ2v) is 10.8. The fraction of sp³-hybridized carbons (Fsp3) is 0.226. The number of nitrogens with zero attached hydrogens (tertiary/aromatic N) is 2. The van der Waals surface area contributed by atoms with Crippen LogP contribution in [0.25, 0.3) is 11.3 Å². The minimum Gasteiger partial charge on any atom is -0.444 e. The highest BCUT2D eigenvalue weighted by atomic mass is 32.1. The molecule has 3 aromatic carbocycles. The fourth-order valence-corrected chi connectivity index (χ4v) is 5.26. The van der Waals surface area contributed by atoms with Crippen molar-refractivity contribution in [1.82, 2.24) is 15.2 Å². The topological polar surface area (TPSA) is 110 Å². The van der Waals surface area contributed by atoms with E-state index in [-0.39, 0.29) is 19.1 Å². The van der Waals surface area contributed by atoms with Crippen LogP contribution in [0, 0.1) is 0 Å². The average molecular weight is 569 g/mol. The molecular formula is C31H28N4O5S. The van der Waals surface area contributed by atoms with Crippen molar-refractivity contribution in [3.8, 4) is 11.3 Å². The third-order valence-corrected chi connectivity index (χ3v) is 7.65. The van der Waals surface area contributed by atoms with Crippen LogP contribution in [0.5, 0.6) is 0 Å². The molecule has 3 amide bonds. The molecule has 2 unspecified atom stereocenters. The van der Waals surface area contributed by atoms with Crippen molar-refractivity contribution in [2.75, 3.05) is 11.9 Å². The molecular weight excluding hydrogens is 540 g/mol. The van der Waals surface area contributed by atoms with Crippen LogP contribution in [-0.4, -0.2) is 46.5 Å². The molecule has 4 aromatic rings. The van der Waals surface area contributed by atoms with Gasteiger partial charge in [-0.2, -0.15) is 0 Å². The second kappa shape index (κ2) is 11.9. The van der Waals surface area contributed by atoms with Gasteiger partial charge in [-0.25, -0.2) is 9.78 Å². The van der Waals surface area contributed by atoms with Crippen LogP contribution in [0.3, 0.4) is 0 Å². The van der Waals surface area contributed by atoms with E-state index in [0.29, 0.717) is 22.4 Å². The molecule has 0 bridgehead atoms. The second-order valence-electron chi connectivity index (χ2n) is 9.91. The highest BCUT2D eigenvalue weighted by Crippen LogP contribution is 2.33. The number of carbonyl (C=O) groups excluding carboxylic acids is 3. The molecule has 6 rings (SSSR count). The van der Waals surface area contributed by atoms with E-state index in [4.69, 9.17) is 9.47 Å². The van der Waals surface area contributed by atoms with E-state index in [1.165, 1.54) is 16.2 Å². The highest BCUT2D eigenvalue weighted by Gasteiger charge is 2.44. The first-order valence-electron chi connectivity index (χ1n) is 13.4. The van der Waals surface area contributed by atoms with Gasteiger partial charge < -0.3 is 20.1 Å². The van der Waals surface area contributed by atoms with Gasteiger partial charge in [0.05, 0.1) is 12.3 Å². The van der Waals surface area contributed by atoms with Crippen LogP contribution >= 0.6 is 11.3 Å². The minimum absolute atomic E-state index is 0.00838. The number of hydrogen-bond donors (Lipinski definition) is 2. The highest BCUT2D eigenvalue weighted by molar-refractivity contribution is 7.14. The number of amides is 3. The Hall–Kier alpha value is -4.54. The number of anilines is 1. The maximum Gasteiger partial charge on any atom is 0.413 e. The Morgan fingerprint density at radius 3 is 2.37 bits per heavy atom. The van der Waals surface area contributed by atoms with Gasteiger partial charge in [0.25, 0.3) is 11.8 Å². The Bertz CT molecular complexity index is 1520. The predicted octanol–water partition coefficient (Wildman–Crippen LogP) is 5.38. The molecule has 1 aliphatic carbocycles. The molecule has 2 aliphatic rings. The van der Waals surface area contributed by atoms with Gasteiger partial charge in [0, 0.05) is 28.1 Å². The Labute approximate surface area is 241 Å². The van der Waals surface area contributed by atoms with Crippen LogP contribution < -0.4 is 10.6 Å². The van der Waals surface area contributed by atoms with Gasteiger partial charge in [0.2, 0.25) is 0 Å². The van der Waals surface area contributed by atoms with E-state index >= 15 is 0 Å². The van der Waals surface area contributed by atoms with Gasteiger partial charge in [0.15, 0.2) is 11.4 Å². The standard InChI is InChI=1S/C31H28N4O5S/c36-27(32-24-15-16-24)22-13-11-21(12-14-22)25-19-41-30(33-25)34-28(37)26-18-39-29(23-9-5-2-6-10-23)35(26)31(38)40-17-20-7-3-1-4-8-20/h1-14,19,24,26,29H,15-18H2,(H,32,36)(H,33,34,37). The lowest BCUT2D eigenvalue weighted by Gasteiger charge is -2.27.